The lowest BCUT2D eigenvalue weighted by Gasteiger charge is -2.21. The Morgan fingerprint density at radius 2 is 1.93 bits per heavy atom. The van der Waals surface area contributed by atoms with Gasteiger partial charge in [0.1, 0.15) is 0 Å². The topological polar surface area (TPSA) is 3.24 Å². The number of hydrogen-bond acceptors (Lipinski definition) is 1. The molecule has 0 aliphatic rings. The Kier molecular flexibility index (Phi) is 8.52. The van der Waals surface area contributed by atoms with Crippen LogP contribution in [0.5, 0.6) is 0 Å². The molecule has 0 saturated heterocycles. The van der Waals surface area contributed by atoms with Gasteiger partial charge in [-0.25, -0.2) is 0 Å². The summed E-state index contributed by atoms with van der Waals surface area (Å²) in [4.78, 5) is 2.44. The van der Waals surface area contributed by atoms with Crippen LogP contribution in [-0.4, -0.2) is 25.0 Å². The fourth-order valence-corrected chi connectivity index (χ4v) is 1.81. The van der Waals surface area contributed by atoms with Crippen LogP contribution >= 0.6 is 0 Å². The van der Waals surface area contributed by atoms with Crippen LogP contribution in [0, 0.1) is 23.7 Å². The van der Waals surface area contributed by atoms with Gasteiger partial charge >= 0.3 is 0 Å². The molecule has 0 heterocycles. The number of hydrogen-bond donors (Lipinski definition) is 0. The molecule has 0 N–H and O–H groups in total. The first-order valence-corrected chi connectivity index (χ1v) is 6.18. The summed E-state index contributed by atoms with van der Waals surface area (Å²) in [7, 11) is 2.22. The maximum atomic E-state index is 3.20. The van der Waals surface area contributed by atoms with E-state index < -0.39 is 0 Å². The van der Waals surface area contributed by atoms with Gasteiger partial charge in [-0.05, 0) is 38.8 Å². The molecule has 0 radical (unpaired) electrons. The minimum atomic E-state index is 0.769. The molecule has 0 amide bonds. The van der Waals surface area contributed by atoms with Gasteiger partial charge in [0.2, 0.25) is 0 Å². The molecule has 0 rings (SSSR count). The minimum absolute atomic E-state index is 0.769. The number of rotatable bonds is 7. The van der Waals surface area contributed by atoms with E-state index in [9.17, 15) is 0 Å². The predicted molar refractivity (Wildman–Crippen MR) is 68.8 cm³/mol. The van der Waals surface area contributed by atoms with E-state index >= 15 is 0 Å². The van der Waals surface area contributed by atoms with Gasteiger partial charge in [-0.15, -0.1) is 11.8 Å². The van der Waals surface area contributed by atoms with E-state index in [0.717, 1.165) is 18.3 Å². The van der Waals surface area contributed by atoms with Crippen molar-refractivity contribution in [3.8, 4) is 11.8 Å². The Morgan fingerprint density at radius 1 is 1.27 bits per heavy atom. The molecule has 0 spiro atoms. The standard InChI is InChI=1S/C14H27N/c1-6-8-9-14(7-2)10-11-15(5)12-13(3)4/h13-14H,7,9-12H2,1-5H3. The Morgan fingerprint density at radius 3 is 2.40 bits per heavy atom. The third-order valence-electron chi connectivity index (χ3n) is 2.74. The van der Waals surface area contributed by atoms with Gasteiger partial charge in [0.15, 0.2) is 0 Å². The van der Waals surface area contributed by atoms with Crippen LogP contribution in [-0.2, 0) is 0 Å². The zero-order valence-electron chi connectivity index (χ0n) is 11.1. The first kappa shape index (κ1) is 14.5. The summed E-state index contributed by atoms with van der Waals surface area (Å²) >= 11 is 0. The van der Waals surface area contributed by atoms with Gasteiger partial charge in [0.05, 0.1) is 0 Å². The second-order valence-electron chi connectivity index (χ2n) is 4.85. The third kappa shape index (κ3) is 8.51. The van der Waals surface area contributed by atoms with Crippen molar-refractivity contribution in [1.82, 2.24) is 4.90 Å². The molecule has 0 aromatic heterocycles. The molecule has 0 fully saturated rings. The molecule has 0 aliphatic carbocycles. The smallest absolute Gasteiger partial charge is 0.0117 e. The van der Waals surface area contributed by atoms with Gasteiger partial charge in [-0.1, -0.05) is 27.2 Å². The molecule has 0 aliphatic heterocycles. The predicted octanol–water partition coefficient (Wildman–Crippen LogP) is 3.40. The quantitative estimate of drug-likeness (QED) is 0.581. The molecular weight excluding hydrogens is 182 g/mol. The summed E-state index contributed by atoms with van der Waals surface area (Å²) in [6.07, 6.45) is 3.61. The molecule has 1 atom stereocenters. The third-order valence-corrected chi connectivity index (χ3v) is 2.74. The first-order chi connectivity index (χ1) is 7.10. The average molecular weight is 209 g/mol. The fraction of sp³-hybridized carbons (Fsp3) is 0.857. The van der Waals surface area contributed by atoms with Crippen molar-refractivity contribution in [2.75, 3.05) is 20.1 Å². The van der Waals surface area contributed by atoms with Crippen molar-refractivity contribution in [2.45, 2.75) is 47.0 Å². The highest BCUT2D eigenvalue weighted by Crippen LogP contribution is 2.13. The van der Waals surface area contributed by atoms with Crippen LogP contribution in [0.3, 0.4) is 0 Å². The highest BCUT2D eigenvalue weighted by Gasteiger charge is 2.07. The Labute approximate surface area is 96.2 Å². The van der Waals surface area contributed by atoms with E-state index in [0.29, 0.717) is 0 Å². The molecule has 0 aromatic carbocycles. The van der Waals surface area contributed by atoms with Crippen molar-refractivity contribution in [1.29, 1.82) is 0 Å². The van der Waals surface area contributed by atoms with E-state index in [2.05, 4.69) is 44.6 Å². The van der Waals surface area contributed by atoms with Crippen molar-refractivity contribution in [2.24, 2.45) is 11.8 Å². The summed E-state index contributed by atoms with van der Waals surface area (Å²) in [5.74, 6) is 7.74. The zero-order valence-corrected chi connectivity index (χ0v) is 11.1. The number of nitrogens with zero attached hydrogens (tertiary/aromatic N) is 1. The molecule has 1 unspecified atom stereocenters. The Hall–Kier alpha value is -0.480. The van der Waals surface area contributed by atoms with Crippen molar-refractivity contribution >= 4 is 0 Å². The molecule has 88 valence electrons. The van der Waals surface area contributed by atoms with Crippen LogP contribution in [0.4, 0.5) is 0 Å². The Balaban J connectivity index is 3.72. The molecule has 0 aromatic rings. The van der Waals surface area contributed by atoms with Crippen molar-refractivity contribution < 1.29 is 0 Å². The second kappa shape index (κ2) is 8.80. The molecule has 15 heavy (non-hydrogen) atoms. The van der Waals surface area contributed by atoms with Crippen molar-refractivity contribution in [3.05, 3.63) is 0 Å². The lowest BCUT2D eigenvalue weighted by molar-refractivity contribution is 0.269. The summed E-state index contributed by atoms with van der Waals surface area (Å²) < 4.78 is 0. The van der Waals surface area contributed by atoms with Crippen LogP contribution < -0.4 is 0 Å². The monoisotopic (exact) mass is 209 g/mol. The van der Waals surface area contributed by atoms with E-state index in [1.807, 2.05) is 6.92 Å². The average Bonchev–Trinajstić information content (AvgIpc) is 2.17. The highest BCUT2D eigenvalue weighted by molar-refractivity contribution is 4.96. The summed E-state index contributed by atoms with van der Waals surface area (Å²) in [5, 5.41) is 0. The molecular formula is C14H27N. The van der Waals surface area contributed by atoms with Gasteiger partial charge in [-0.3, -0.25) is 0 Å². The lowest BCUT2D eigenvalue weighted by atomic mass is 9.98. The SMILES string of the molecule is CC#CCC(CC)CCN(C)CC(C)C. The van der Waals surface area contributed by atoms with Crippen molar-refractivity contribution in [3.63, 3.8) is 0 Å². The zero-order chi connectivity index (χ0) is 11.7. The van der Waals surface area contributed by atoms with E-state index in [1.54, 1.807) is 0 Å². The van der Waals surface area contributed by atoms with Crippen LogP contribution in [0.15, 0.2) is 0 Å². The van der Waals surface area contributed by atoms with Crippen LogP contribution in [0.25, 0.3) is 0 Å². The van der Waals surface area contributed by atoms with Gasteiger partial charge in [0, 0.05) is 13.0 Å². The Bertz CT molecular complexity index is 197. The van der Waals surface area contributed by atoms with E-state index in [1.165, 1.54) is 25.9 Å². The lowest BCUT2D eigenvalue weighted by Crippen LogP contribution is -2.25. The molecule has 1 heteroatoms. The summed E-state index contributed by atoms with van der Waals surface area (Å²) in [5.41, 5.74) is 0. The van der Waals surface area contributed by atoms with Crippen LogP contribution in [0.2, 0.25) is 0 Å². The van der Waals surface area contributed by atoms with Crippen LogP contribution in [0.1, 0.15) is 47.0 Å². The summed E-state index contributed by atoms with van der Waals surface area (Å²) in [6, 6.07) is 0. The molecule has 0 bridgehead atoms. The maximum Gasteiger partial charge on any atom is 0.0117 e. The molecule has 0 saturated carbocycles. The molecule has 1 nitrogen and oxygen atoms in total. The minimum Gasteiger partial charge on any atom is -0.306 e. The van der Waals surface area contributed by atoms with E-state index in [4.69, 9.17) is 0 Å². The second-order valence-corrected chi connectivity index (χ2v) is 4.85. The maximum absolute atomic E-state index is 3.20. The first-order valence-electron chi connectivity index (χ1n) is 6.18. The van der Waals surface area contributed by atoms with Gasteiger partial charge in [0.25, 0.3) is 0 Å². The fourth-order valence-electron chi connectivity index (χ4n) is 1.81. The normalized spacial score (nSPS) is 12.7. The largest absolute Gasteiger partial charge is 0.306 e. The van der Waals surface area contributed by atoms with Gasteiger partial charge < -0.3 is 4.90 Å². The summed E-state index contributed by atoms with van der Waals surface area (Å²) in [6.45, 7) is 11.2. The van der Waals surface area contributed by atoms with Gasteiger partial charge in [-0.2, -0.15) is 0 Å². The highest BCUT2D eigenvalue weighted by atomic mass is 15.1. The van der Waals surface area contributed by atoms with E-state index in [-0.39, 0.29) is 0 Å².